The Kier molecular flexibility index (Phi) is 2.05. The molecule has 1 unspecified atom stereocenters. The molecule has 0 bridgehead atoms. The Labute approximate surface area is 69.0 Å². The van der Waals surface area contributed by atoms with Gasteiger partial charge in [-0.1, -0.05) is 0 Å². The normalized spacial score (nSPS) is 27.3. The number of carbonyl (C=O) groups is 1. The van der Waals surface area contributed by atoms with Crippen molar-refractivity contribution in [2.24, 2.45) is 0 Å². The van der Waals surface area contributed by atoms with Crippen molar-refractivity contribution in [3.63, 3.8) is 0 Å². The van der Waals surface area contributed by atoms with Gasteiger partial charge in [0, 0.05) is 0 Å². The van der Waals surface area contributed by atoms with Crippen molar-refractivity contribution >= 4 is 5.97 Å². The molecule has 1 aliphatic rings. The summed E-state index contributed by atoms with van der Waals surface area (Å²) in [7, 11) is 1.29. The number of rotatable bonds is 2. The maximum absolute atomic E-state index is 10.6. The number of ether oxygens (including phenoxy) is 1. The highest BCUT2D eigenvalue weighted by molar-refractivity contribution is 5.80. The zero-order valence-electron chi connectivity index (χ0n) is 6.44. The zero-order valence-corrected chi connectivity index (χ0v) is 6.44. The third-order valence-electron chi connectivity index (χ3n) is 1.52. The smallest absolute Gasteiger partial charge is 0.365 e. The molecule has 3 N–H and O–H groups in total. The van der Waals surface area contributed by atoms with Crippen molar-refractivity contribution in [2.75, 3.05) is 7.11 Å². The van der Waals surface area contributed by atoms with Crippen LogP contribution in [-0.2, 0) is 9.53 Å². The maximum Gasteiger partial charge on any atom is 0.365 e. The molecule has 66 valence electrons. The Bertz CT molecular complexity index is 258. The Morgan fingerprint density at radius 3 is 2.83 bits per heavy atom. The van der Waals surface area contributed by atoms with Crippen LogP contribution in [0.25, 0.3) is 0 Å². The summed E-state index contributed by atoms with van der Waals surface area (Å²) in [6, 6.07) is 0. The third-order valence-corrected chi connectivity index (χ3v) is 1.52. The fourth-order valence-corrected chi connectivity index (χ4v) is 0.879. The number of nitrogens with one attached hydrogen (secondary N) is 1. The van der Waals surface area contributed by atoms with Crippen molar-refractivity contribution in [2.45, 2.75) is 5.72 Å². The Morgan fingerprint density at radius 2 is 2.42 bits per heavy atom. The maximum atomic E-state index is 10.6. The lowest BCUT2D eigenvalue weighted by Gasteiger charge is -2.27. The summed E-state index contributed by atoms with van der Waals surface area (Å²) in [6.45, 7) is 0. The summed E-state index contributed by atoms with van der Waals surface area (Å²) in [5.41, 5.74) is -2.14. The summed E-state index contributed by atoms with van der Waals surface area (Å²) >= 11 is 0. The predicted octanol–water partition coefficient (Wildman–Crippen LogP) is -0.593. The fraction of sp³-hybridized carbons (Fsp3) is 0.286. The van der Waals surface area contributed by atoms with Crippen molar-refractivity contribution in [1.82, 2.24) is 5.32 Å². The van der Waals surface area contributed by atoms with E-state index >= 15 is 0 Å². The highest BCUT2D eigenvalue weighted by Gasteiger charge is 2.41. The standard InChI is InChI=1S/C7H9NO4/c1-12-5-3-2-4-8-7(5,11)6(9)10/h2-4,8,11H,1H3,(H,9,10). The number of aliphatic carboxylic acids is 1. The average Bonchev–Trinajstić information content (AvgIpc) is 2.05. The highest BCUT2D eigenvalue weighted by atomic mass is 16.5. The van der Waals surface area contributed by atoms with Gasteiger partial charge in [0.25, 0.3) is 5.72 Å². The minimum atomic E-state index is -2.14. The summed E-state index contributed by atoms with van der Waals surface area (Å²) in [5.74, 6) is -1.45. The SMILES string of the molecule is COC1=CC=CNC1(O)C(=O)O. The van der Waals surface area contributed by atoms with E-state index in [4.69, 9.17) is 5.11 Å². The van der Waals surface area contributed by atoms with Gasteiger partial charge in [-0.25, -0.2) is 4.79 Å². The van der Waals surface area contributed by atoms with Crippen LogP contribution >= 0.6 is 0 Å². The molecule has 0 saturated heterocycles. The lowest BCUT2D eigenvalue weighted by molar-refractivity contribution is -0.160. The van der Waals surface area contributed by atoms with Gasteiger partial charge in [-0.05, 0) is 18.4 Å². The number of methoxy groups -OCH3 is 1. The molecule has 0 aromatic carbocycles. The van der Waals surface area contributed by atoms with E-state index in [1.165, 1.54) is 25.5 Å². The molecular formula is C7H9NO4. The van der Waals surface area contributed by atoms with E-state index < -0.39 is 11.7 Å². The quantitative estimate of drug-likeness (QED) is 0.517. The number of aliphatic hydroxyl groups is 1. The van der Waals surface area contributed by atoms with Crippen LogP contribution in [-0.4, -0.2) is 29.0 Å². The summed E-state index contributed by atoms with van der Waals surface area (Å²) < 4.78 is 4.68. The second kappa shape index (κ2) is 2.86. The van der Waals surface area contributed by atoms with Gasteiger partial charge in [0.1, 0.15) is 0 Å². The molecular weight excluding hydrogens is 162 g/mol. The van der Waals surface area contributed by atoms with E-state index in [1.807, 2.05) is 0 Å². The minimum absolute atomic E-state index is 0.0440. The molecule has 0 saturated carbocycles. The van der Waals surface area contributed by atoms with E-state index in [0.29, 0.717) is 0 Å². The van der Waals surface area contributed by atoms with Gasteiger partial charge in [0.15, 0.2) is 5.76 Å². The summed E-state index contributed by atoms with van der Waals surface area (Å²) in [4.78, 5) is 10.6. The van der Waals surface area contributed by atoms with Gasteiger partial charge in [-0.2, -0.15) is 0 Å². The number of hydrogen-bond acceptors (Lipinski definition) is 4. The van der Waals surface area contributed by atoms with E-state index in [-0.39, 0.29) is 5.76 Å². The van der Waals surface area contributed by atoms with Crippen LogP contribution < -0.4 is 5.32 Å². The first-order chi connectivity index (χ1) is 5.61. The highest BCUT2D eigenvalue weighted by Crippen LogP contribution is 2.17. The van der Waals surface area contributed by atoms with Crippen molar-refractivity contribution in [3.8, 4) is 0 Å². The van der Waals surface area contributed by atoms with Crippen molar-refractivity contribution < 1.29 is 19.7 Å². The molecule has 0 radical (unpaired) electrons. The number of allylic oxidation sites excluding steroid dienone is 2. The first kappa shape index (κ1) is 8.61. The Hall–Kier alpha value is -1.49. The van der Waals surface area contributed by atoms with Crippen molar-refractivity contribution in [3.05, 3.63) is 24.1 Å². The van der Waals surface area contributed by atoms with E-state index in [9.17, 15) is 9.90 Å². The first-order valence-electron chi connectivity index (χ1n) is 3.26. The molecule has 1 aliphatic heterocycles. The van der Waals surface area contributed by atoms with Gasteiger partial charge in [0.2, 0.25) is 0 Å². The predicted molar refractivity (Wildman–Crippen MR) is 40.0 cm³/mol. The number of hydrogen-bond donors (Lipinski definition) is 3. The first-order valence-corrected chi connectivity index (χ1v) is 3.26. The Balaban J connectivity index is 2.99. The lowest BCUT2D eigenvalue weighted by atomic mass is 10.1. The molecule has 12 heavy (non-hydrogen) atoms. The average molecular weight is 171 g/mol. The molecule has 0 amide bonds. The zero-order chi connectivity index (χ0) is 9.19. The van der Waals surface area contributed by atoms with Crippen LogP contribution in [0.2, 0.25) is 0 Å². The van der Waals surface area contributed by atoms with Gasteiger partial charge >= 0.3 is 5.97 Å². The third kappa shape index (κ3) is 1.14. The van der Waals surface area contributed by atoms with Crippen LogP contribution in [0.1, 0.15) is 0 Å². The summed E-state index contributed by atoms with van der Waals surface area (Å²) in [5, 5.41) is 20.4. The van der Waals surface area contributed by atoms with Crippen LogP contribution in [0.5, 0.6) is 0 Å². The minimum Gasteiger partial charge on any atom is -0.495 e. The van der Waals surface area contributed by atoms with E-state index in [1.54, 1.807) is 0 Å². The number of dihydropyridines is 1. The van der Waals surface area contributed by atoms with Gasteiger partial charge in [-0.3, -0.25) is 0 Å². The lowest BCUT2D eigenvalue weighted by Crippen LogP contribution is -2.52. The largest absolute Gasteiger partial charge is 0.495 e. The van der Waals surface area contributed by atoms with Gasteiger partial charge in [-0.15, -0.1) is 0 Å². The van der Waals surface area contributed by atoms with Crippen LogP contribution in [0.4, 0.5) is 0 Å². The Morgan fingerprint density at radius 1 is 1.75 bits per heavy atom. The van der Waals surface area contributed by atoms with E-state index in [0.717, 1.165) is 0 Å². The van der Waals surface area contributed by atoms with Crippen LogP contribution in [0, 0.1) is 0 Å². The molecule has 1 rings (SSSR count). The molecule has 1 heterocycles. The molecule has 1 atom stereocenters. The van der Waals surface area contributed by atoms with Gasteiger partial charge in [0.05, 0.1) is 7.11 Å². The monoisotopic (exact) mass is 171 g/mol. The molecule has 0 fully saturated rings. The molecule has 5 heteroatoms. The van der Waals surface area contributed by atoms with Crippen LogP contribution in [0.15, 0.2) is 24.1 Å². The molecule has 0 spiro atoms. The fourth-order valence-electron chi connectivity index (χ4n) is 0.879. The summed E-state index contributed by atoms with van der Waals surface area (Å²) in [6.07, 6.45) is 4.25. The number of carboxylic acids is 1. The van der Waals surface area contributed by atoms with Gasteiger partial charge < -0.3 is 20.3 Å². The molecule has 0 aromatic rings. The van der Waals surface area contributed by atoms with E-state index in [2.05, 4.69) is 10.1 Å². The topological polar surface area (TPSA) is 78.8 Å². The molecule has 0 aliphatic carbocycles. The molecule has 5 nitrogen and oxygen atoms in total. The molecule has 0 aromatic heterocycles. The second-order valence-electron chi connectivity index (χ2n) is 2.25. The van der Waals surface area contributed by atoms with Crippen molar-refractivity contribution in [1.29, 1.82) is 0 Å². The number of carboxylic acid groups (broad SMARTS) is 1. The van der Waals surface area contributed by atoms with Crippen LogP contribution in [0.3, 0.4) is 0 Å². The second-order valence-corrected chi connectivity index (χ2v) is 2.25.